The number of carboxylic acids is 2. The van der Waals surface area contributed by atoms with E-state index in [1.807, 2.05) is 0 Å². The van der Waals surface area contributed by atoms with Gasteiger partial charge in [0.1, 0.15) is 12.1 Å². The summed E-state index contributed by atoms with van der Waals surface area (Å²) in [5.74, 6) is -5.80. The number of nitrogens with one attached hydrogen (secondary N) is 3. The first-order chi connectivity index (χ1) is 13.5. The molecule has 14 heteroatoms. The van der Waals surface area contributed by atoms with Crippen LogP contribution < -0.4 is 27.4 Å². The fraction of sp³-hybridized carbons (Fsp3) is 0.600. The van der Waals surface area contributed by atoms with Gasteiger partial charge in [-0.2, -0.15) is 12.6 Å². The Morgan fingerprint density at radius 3 is 1.97 bits per heavy atom. The summed E-state index contributed by atoms with van der Waals surface area (Å²) in [5, 5.41) is 24.3. The number of hydrogen-bond donors (Lipinski definition) is 8. The van der Waals surface area contributed by atoms with Gasteiger partial charge in [0.2, 0.25) is 23.6 Å². The van der Waals surface area contributed by atoms with E-state index >= 15 is 0 Å². The van der Waals surface area contributed by atoms with Gasteiger partial charge in [0.05, 0.1) is 12.6 Å². The molecule has 164 valence electrons. The van der Waals surface area contributed by atoms with E-state index in [0.29, 0.717) is 0 Å². The van der Waals surface area contributed by atoms with Crippen molar-refractivity contribution in [3.8, 4) is 0 Å². The van der Waals surface area contributed by atoms with Crippen LogP contribution in [0.5, 0.6) is 0 Å². The highest BCUT2D eigenvalue weighted by Gasteiger charge is 2.25. The molecule has 0 saturated heterocycles. The summed E-state index contributed by atoms with van der Waals surface area (Å²) < 4.78 is 0. The number of aliphatic carboxylic acids is 2. The number of carbonyl (C=O) groups is 6. The lowest BCUT2D eigenvalue weighted by Crippen LogP contribution is -2.54. The third-order valence-corrected chi connectivity index (χ3v) is 3.94. The van der Waals surface area contributed by atoms with Gasteiger partial charge in [-0.15, -0.1) is 0 Å². The Morgan fingerprint density at radius 2 is 1.48 bits per heavy atom. The van der Waals surface area contributed by atoms with Gasteiger partial charge in [0.15, 0.2) is 0 Å². The van der Waals surface area contributed by atoms with E-state index in [4.69, 9.17) is 21.7 Å². The molecule has 0 aromatic heterocycles. The zero-order valence-corrected chi connectivity index (χ0v) is 16.3. The second-order valence-electron chi connectivity index (χ2n) is 5.96. The van der Waals surface area contributed by atoms with E-state index in [0.717, 1.165) is 0 Å². The maximum atomic E-state index is 12.2. The SMILES string of the molecule is NC(=O)CCC(NC(=O)CNC(=O)C(CCC(=O)O)NC(=O)C(N)CS)C(=O)O. The second-order valence-corrected chi connectivity index (χ2v) is 6.33. The summed E-state index contributed by atoms with van der Waals surface area (Å²) in [5.41, 5.74) is 10.4. The first kappa shape index (κ1) is 26.1. The van der Waals surface area contributed by atoms with Gasteiger partial charge in [-0.25, -0.2) is 4.79 Å². The van der Waals surface area contributed by atoms with Crippen molar-refractivity contribution in [3.05, 3.63) is 0 Å². The van der Waals surface area contributed by atoms with Gasteiger partial charge in [0.25, 0.3) is 0 Å². The van der Waals surface area contributed by atoms with Gasteiger partial charge in [-0.3, -0.25) is 24.0 Å². The summed E-state index contributed by atoms with van der Waals surface area (Å²) in [4.78, 5) is 68.4. The molecule has 0 radical (unpaired) electrons. The molecule has 0 aliphatic carbocycles. The molecule has 0 aliphatic heterocycles. The molecule has 0 aromatic rings. The van der Waals surface area contributed by atoms with Crippen LogP contribution in [0.15, 0.2) is 0 Å². The molecule has 13 nitrogen and oxygen atoms in total. The van der Waals surface area contributed by atoms with Gasteiger partial charge in [-0.05, 0) is 12.8 Å². The van der Waals surface area contributed by atoms with Crippen LogP contribution in [0, 0.1) is 0 Å². The van der Waals surface area contributed by atoms with Crippen LogP contribution in [0.1, 0.15) is 25.7 Å². The van der Waals surface area contributed by atoms with Gasteiger partial charge in [-0.1, -0.05) is 0 Å². The predicted octanol–water partition coefficient (Wildman–Crippen LogP) is -3.46. The molecular weight excluding hydrogens is 410 g/mol. The molecule has 0 spiro atoms. The van der Waals surface area contributed by atoms with Crippen LogP contribution in [0.3, 0.4) is 0 Å². The number of primary amides is 1. The van der Waals surface area contributed by atoms with Gasteiger partial charge < -0.3 is 37.6 Å². The Balaban J connectivity index is 4.82. The van der Waals surface area contributed by atoms with Gasteiger partial charge >= 0.3 is 11.9 Å². The third-order valence-electron chi connectivity index (χ3n) is 3.55. The molecule has 0 saturated carbocycles. The first-order valence-electron chi connectivity index (χ1n) is 8.44. The molecule has 0 rings (SSSR count). The molecule has 3 unspecified atom stereocenters. The van der Waals surface area contributed by atoms with E-state index in [-0.39, 0.29) is 25.0 Å². The van der Waals surface area contributed by atoms with Crippen molar-refractivity contribution in [2.45, 2.75) is 43.8 Å². The minimum Gasteiger partial charge on any atom is -0.481 e. The van der Waals surface area contributed by atoms with E-state index in [2.05, 4.69) is 28.6 Å². The largest absolute Gasteiger partial charge is 0.481 e. The Bertz CT molecular complexity index is 644. The number of amides is 4. The minimum atomic E-state index is -1.39. The van der Waals surface area contributed by atoms with Crippen molar-refractivity contribution in [1.29, 1.82) is 0 Å². The van der Waals surface area contributed by atoms with Crippen LogP contribution >= 0.6 is 12.6 Å². The molecule has 0 fully saturated rings. The Morgan fingerprint density at radius 1 is 0.897 bits per heavy atom. The average molecular weight is 435 g/mol. The summed E-state index contributed by atoms with van der Waals surface area (Å²) in [7, 11) is 0. The van der Waals surface area contributed by atoms with Crippen LogP contribution in [0.2, 0.25) is 0 Å². The van der Waals surface area contributed by atoms with Crippen molar-refractivity contribution in [3.63, 3.8) is 0 Å². The highest BCUT2D eigenvalue weighted by atomic mass is 32.1. The zero-order chi connectivity index (χ0) is 22.6. The number of rotatable bonds is 14. The summed E-state index contributed by atoms with van der Waals surface area (Å²) in [6.07, 6.45) is -1.19. The van der Waals surface area contributed by atoms with Gasteiger partial charge in [0, 0.05) is 18.6 Å². The Hall–Kier alpha value is -2.87. The first-order valence-corrected chi connectivity index (χ1v) is 9.07. The fourth-order valence-electron chi connectivity index (χ4n) is 1.98. The molecule has 4 amide bonds. The lowest BCUT2D eigenvalue weighted by atomic mass is 10.1. The molecule has 0 aromatic carbocycles. The summed E-state index contributed by atoms with van der Waals surface area (Å²) in [6.45, 7) is -0.642. The highest BCUT2D eigenvalue weighted by molar-refractivity contribution is 7.80. The zero-order valence-electron chi connectivity index (χ0n) is 15.4. The van der Waals surface area contributed by atoms with Crippen LogP contribution in [0.4, 0.5) is 0 Å². The van der Waals surface area contributed by atoms with E-state index in [9.17, 15) is 28.8 Å². The number of carbonyl (C=O) groups excluding carboxylic acids is 4. The maximum absolute atomic E-state index is 12.2. The lowest BCUT2D eigenvalue weighted by Gasteiger charge is -2.20. The normalized spacial score (nSPS) is 13.4. The van der Waals surface area contributed by atoms with Crippen molar-refractivity contribution in [2.75, 3.05) is 12.3 Å². The van der Waals surface area contributed by atoms with E-state index in [1.165, 1.54) is 0 Å². The molecule has 0 heterocycles. The number of nitrogens with two attached hydrogens (primary N) is 2. The molecular formula is C15H25N5O8S. The highest BCUT2D eigenvalue weighted by Crippen LogP contribution is 2.00. The number of hydrogen-bond acceptors (Lipinski definition) is 8. The minimum absolute atomic E-state index is 0.0105. The second kappa shape index (κ2) is 13.3. The Labute approximate surface area is 171 Å². The fourth-order valence-corrected chi connectivity index (χ4v) is 2.14. The molecule has 9 N–H and O–H groups in total. The number of thiol groups is 1. The third kappa shape index (κ3) is 11.5. The molecule has 0 bridgehead atoms. The lowest BCUT2D eigenvalue weighted by molar-refractivity contribution is -0.142. The molecule has 0 aliphatic rings. The van der Waals surface area contributed by atoms with Crippen LogP contribution in [0.25, 0.3) is 0 Å². The summed E-state index contributed by atoms with van der Waals surface area (Å²) in [6, 6.07) is -3.69. The van der Waals surface area contributed by atoms with Crippen LogP contribution in [-0.4, -0.2) is 76.2 Å². The smallest absolute Gasteiger partial charge is 0.326 e. The molecule has 3 atom stereocenters. The van der Waals surface area contributed by atoms with E-state index < -0.39 is 66.7 Å². The standard InChI is InChI=1S/C15H25N5O8S/c16-7(6-29)13(25)20-8(2-4-12(23)24)14(26)18-5-11(22)19-9(15(27)28)1-3-10(17)21/h7-9,29H,1-6,16H2,(H2,17,21)(H,18,26)(H,19,22)(H,20,25)(H,23,24)(H,27,28). The Kier molecular flexibility index (Phi) is 12.0. The summed E-state index contributed by atoms with van der Waals surface area (Å²) >= 11 is 3.85. The van der Waals surface area contributed by atoms with Crippen molar-refractivity contribution in [2.24, 2.45) is 11.5 Å². The predicted molar refractivity (Wildman–Crippen MR) is 102 cm³/mol. The number of carboxylic acid groups (broad SMARTS) is 2. The maximum Gasteiger partial charge on any atom is 0.326 e. The van der Waals surface area contributed by atoms with Crippen LogP contribution in [-0.2, 0) is 28.8 Å². The van der Waals surface area contributed by atoms with E-state index in [1.54, 1.807) is 0 Å². The van der Waals surface area contributed by atoms with Crippen molar-refractivity contribution in [1.82, 2.24) is 16.0 Å². The van der Waals surface area contributed by atoms with Crippen molar-refractivity contribution >= 4 is 48.2 Å². The molecule has 29 heavy (non-hydrogen) atoms. The topological polar surface area (TPSA) is 231 Å². The van der Waals surface area contributed by atoms with Crippen molar-refractivity contribution < 1.29 is 39.0 Å². The average Bonchev–Trinajstić information content (AvgIpc) is 2.64. The monoisotopic (exact) mass is 435 g/mol. The quantitative estimate of drug-likeness (QED) is 0.127.